The molecule has 16 heavy (non-hydrogen) atoms. The van der Waals surface area contributed by atoms with Crippen molar-refractivity contribution in [2.75, 3.05) is 5.88 Å². The Morgan fingerprint density at radius 1 is 1.31 bits per heavy atom. The number of hydrogen-bond acceptors (Lipinski definition) is 3. The number of hydrogen-bond donors (Lipinski definition) is 0. The molecule has 0 atom stereocenters. The lowest BCUT2D eigenvalue weighted by Crippen LogP contribution is -1.91. The number of benzene rings is 1. The van der Waals surface area contributed by atoms with Gasteiger partial charge in [0.05, 0.1) is 4.92 Å². The highest BCUT2D eigenvalue weighted by atomic mass is 35.5. The van der Waals surface area contributed by atoms with E-state index in [2.05, 4.69) is 0 Å². The van der Waals surface area contributed by atoms with E-state index in [1.807, 2.05) is 0 Å². The normalized spacial score (nSPS) is 10.6. The Labute approximate surface area is 97.7 Å². The molecule has 1 aromatic rings. The fourth-order valence-corrected chi connectivity index (χ4v) is 1.34. The molecule has 1 aromatic carbocycles. The van der Waals surface area contributed by atoms with Crippen LogP contribution in [0.1, 0.15) is 22.3 Å². The molecule has 0 aliphatic carbocycles. The number of allylic oxidation sites excluding steroid dienone is 1. The molecule has 0 spiro atoms. The minimum absolute atomic E-state index is 0.0878. The smallest absolute Gasteiger partial charge is 0.270 e. The number of nitro groups is 1. The maximum atomic E-state index is 10.6. The summed E-state index contributed by atoms with van der Waals surface area (Å²) in [5, 5.41) is 10.6. The fourth-order valence-electron chi connectivity index (χ4n) is 1.21. The van der Waals surface area contributed by atoms with Crippen LogP contribution in [0.4, 0.5) is 5.69 Å². The van der Waals surface area contributed by atoms with Crippen molar-refractivity contribution in [2.45, 2.75) is 6.42 Å². The van der Waals surface area contributed by atoms with Crippen LogP contribution in [0.15, 0.2) is 24.3 Å². The van der Waals surface area contributed by atoms with E-state index in [-0.39, 0.29) is 5.69 Å². The quantitative estimate of drug-likeness (QED) is 0.343. The van der Waals surface area contributed by atoms with Crippen molar-refractivity contribution in [2.24, 2.45) is 0 Å². The van der Waals surface area contributed by atoms with Gasteiger partial charge in [-0.3, -0.25) is 14.9 Å². The topological polar surface area (TPSA) is 60.2 Å². The summed E-state index contributed by atoms with van der Waals surface area (Å²) in [5.41, 5.74) is 0.830. The van der Waals surface area contributed by atoms with Crippen LogP contribution in [0, 0.1) is 10.1 Å². The zero-order valence-electron chi connectivity index (χ0n) is 8.43. The van der Waals surface area contributed by atoms with E-state index in [1.165, 1.54) is 12.1 Å². The standard InChI is InChI=1S/C11H10ClNO3/c12-4-2-1-3-9-5-10(8-14)7-11(6-9)13(15)16/h1,3,5-8H,2,4H2. The van der Waals surface area contributed by atoms with Gasteiger partial charge in [-0.1, -0.05) is 12.2 Å². The lowest BCUT2D eigenvalue weighted by molar-refractivity contribution is -0.384. The molecule has 0 aliphatic heterocycles. The van der Waals surface area contributed by atoms with E-state index in [0.717, 1.165) is 0 Å². The van der Waals surface area contributed by atoms with E-state index < -0.39 is 4.92 Å². The number of carbonyl (C=O) groups excluding carboxylic acids is 1. The average Bonchev–Trinajstić information content (AvgIpc) is 2.29. The molecule has 5 heteroatoms. The summed E-state index contributed by atoms with van der Waals surface area (Å²) in [7, 11) is 0. The summed E-state index contributed by atoms with van der Waals surface area (Å²) >= 11 is 5.49. The van der Waals surface area contributed by atoms with Crippen molar-refractivity contribution in [3.8, 4) is 0 Å². The highest BCUT2D eigenvalue weighted by molar-refractivity contribution is 6.17. The lowest BCUT2D eigenvalue weighted by Gasteiger charge is -1.97. The number of carbonyl (C=O) groups is 1. The van der Waals surface area contributed by atoms with Crippen LogP contribution in [0.2, 0.25) is 0 Å². The van der Waals surface area contributed by atoms with E-state index in [4.69, 9.17) is 11.6 Å². The molecule has 0 N–H and O–H groups in total. The van der Waals surface area contributed by atoms with E-state index in [1.54, 1.807) is 18.2 Å². The molecule has 0 bridgehead atoms. The highest BCUT2D eigenvalue weighted by Gasteiger charge is 2.07. The van der Waals surface area contributed by atoms with Gasteiger partial charge in [-0.25, -0.2) is 0 Å². The molecular weight excluding hydrogens is 230 g/mol. The van der Waals surface area contributed by atoms with E-state index in [0.29, 0.717) is 29.7 Å². The van der Waals surface area contributed by atoms with Crippen LogP contribution in [-0.4, -0.2) is 17.1 Å². The first kappa shape index (κ1) is 12.4. The summed E-state index contributed by atoms with van der Waals surface area (Å²) in [4.78, 5) is 20.7. The SMILES string of the molecule is O=Cc1cc(C=CCCCl)cc([N+](=O)[O-])c1. The van der Waals surface area contributed by atoms with Gasteiger partial charge in [-0.05, 0) is 18.1 Å². The van der Waals surface area contributed by atoms with Crippen molar-refractivity contribution < 1.29 is 9.72 Å². The number of aldehydes is 1. The Morgan fingerprint density at radius 2 is 2.00 bits per heavy atom. The average molecular weight is 240 g/mol. The number of nitrogens with zero attached hydrogens (tertiary/aromatic N) is 1. The molecule has 0 heterocycles. The van der Waals surface area contributed by atoms with Gasteiger partial charge in [-0.15, -0.1) is 11.6 Å². The number of rotatable bonds is 5. The highest BCUT2D eigenvalue weighted by Crippen LogP contribution is 2.17. The van der Waals surface area contributed by atoms with Crippen molar-refractivity contribution >= 4 is 29.7 Å². The van der Waals surface area contributed by atoms with Gasteiger partial charge in [0.15, 0.2) is 0 Å². The zero-order valence-corrected chi connectivity index (χ0v) is 9.18. The molecule has 4 nitrogen and oxygen atoms in total. The third-order valence-electron chi connectivity index (χ3n) is 1.90. The largest absolute Gasteiger partial charge is 0.298 e. The minimum atomic E-state index is -0.522. The molecule has 0 radical (unpaired) electrons. The van der Waals surface area contributed by atoms with Crippen molar-refractivity contribution in [1.82, 2.24) is 0 Å². The number of halogens is 1. The van der Waals surface area contributed by atoms with Gasteiger partial charge in [0.2, 0.25) is 0 Å². The summed E-state index contributed by atoms with van der Waals surface area (Å²) in [6.45, 7) is 0. The van der Waals surface area contributed by atoms with Crippen molar-refractivity contribution in [3.05, 3.63) is 45.5 Å². The minimum Gasteiger partial charge on any atom is -0.298 e. The van der Waals surface area contributed by atoms with Gasteiger partial charge < -0.3 is 0 Å². The Bertz CT molecular complexity index is 429. The third kappa shape index (κ3) is 3.47. The lowest BCUT2D eigenvalue weighted by atomic mass is 10.1. The molecule has 0 fully saturated rings. The summed E-state index contributed by atoms with van der Waals surface area (Å²) in [5.74, 6) is 0.492. The second-order valence-electron chi connectivity index (χ2n) is 3.11. The summed E-state index contributed by atoms with van der Waals surface area (Å²) < 4.78 is 0. The second kappa shape index (κ2) is 6.02. The van der Waals surface area contributed by atoms with Gasteiger partial charge in [0, 0.05) is 23.6 Å². The second-order valence-corrected chi connectivity index (χ2v) is 3.49. The van der Waals surface area contributed by atoms with Crippen LogP contribution in [-0.2, 0) is 0 Å². The molecule has 0 aromatic heterocycles. The predicted octanol–water partition coefficient (Wildman–Crippen LogP) is 3.05. The van der Waals surface area contributed by atoms with Crippen LogP contribution in [0.3, 0.4) is 0 Å². The number of non-ortho nitro benzene ring substituents is 1. The van der Waals surface area contributed by atoms with Gasteiger partial charge in [-0.2, -0.15) is 0 Å². The zero-order chi connectivity index (χ0) is 12.0. The fraction of sp³-hybridized carbons (Fsp3) is 0.182. The predicted molar refractivity (Wildman–Crippen MR) is 62.9 cm³/mol. The Balaban J connectivity index is 3.04. The van der Waals surface area contributed by atoms with Gasteiger partial charge in [0.1, 0.15) is 6.29 Å². The first-order chi connectivity index (χ1) is 7.67. The van der Waals surface area contributed by atoms with Crippen LogP contribution < -0.4 is 0 Å². The summed E-state index contributed by atoms with van der Waals surface area (Å²) in [6.07, 6.45) is 4.79. The maximum Gasteiger partial charge on any atom is 0.270 e. The van der Waals surface area contributed by atoms with Gasteiger partial charge >= 0.3 is 0 Å². The van der Waals surface area contributed by atoms with Crippen LogP contribution in [0.25, 0.3) is 6.08 Å². The summed E-state index contributed by atoms with van der Waals surface area (Å²) in [6, 6.07) is 4.24. The van der Waals surface area contributed by atoms with Crippen molar-refractivity contribution in [3.63, 3.8) is 0 Å². The maximum absolute atomic E-state index is 10.6. The van der Waals surface area contributed by atoms with E-state index in [9.17, 15) is 14.9 Å². The Hall–Kier alpha value is -1.68. The molecule has 0 aliphatic rings. The molecule has 0 saturated carbocycles. The number of nitro benzene ring substituents is 1. The molecule has 84 valence electrons. The molecule has 1 rings (SSSR count). The van der Waals surface area contributed by atoms with Crippen LogP contribution >= 0.6 is 11.6 Å². The van der Waals surface area contributed by atoms with Crippen LogP contribution in [0.5, 0.6) is 0 Å². The van der Waals surface area contributed by atoms with Crippen molar-refractivity contribution in [1.29, 1.82) is 0 Å². The first-order valence-corrected chi connectivity index (χ1v) is 5.18. The first-order valence-electron chi connectivity index (χ1n) is 4.64. The number of alkyl halides is 1. The Kier molecular flexibility index (Phi) is 4.66. The third-order valence-corrected chi connectivity index (χ3v) is 2.11. The van der Waals surface area contributed by atoms with Gasteiger partial charge in [0.25, 0.3) is 5.69 Å². The Morgan fingerprint density at radius 3 is 2.56 bits per heavy atom. The molecular formula is C11H10ClNO3. The van der Waals surface area contributed by atoms with E-state index >= 15 is 0 Å². The molecule has 0 unspecified atom stereocenters. The molecule has 0 saturated heterocycles. The monoisotopic (exact) mass is 239 g/mol. The molecule has 0 amide bonds.